The molecule has 1 aromatic carbocycles. The van der Waals surface area contributed by atoms with Crippen LogP contribution in [0.2, 0.25) is 10.0 Å². The molecule has 1 N–H and O–H groups in total. The maximum absolute atomic E-state index is 10.6. The number of likely N-dealkylation sites (tertiary alicyclic amines) is 1. The van der Waals surface area contributed by atoms with Crippen molar-refractivity contribution in [1.29, 1.82) is 0 Å². The lowest BCUT2D eigenvalue weighted by Crippen LogP contribution is -2.30. The Morgan fingerprint density at radius 2 is 1.95 bits per heavy atom. The summed E-state index contributed by atoms with van der Waals surface area (Å²) in [7, 11) is 0. The second-order valence-electron chi connectivity index (χ2n) is 4.67. The fraction of sp³-hybridized carbons (Fsp3) is 0.357. The number of hydrogen-bond acceptors (Lipinski definition) is 2. The van der Waals surface area contributed by atoms with Gasteiger partial charge < -0.3 is 5.11 Å². The lowest BCUT2D eigenvalue weighted by atomic mass is 10.0. The van der Waals surface area contributed by atoms with E-state index in [-0.39, 0.29) is 0 Å². The first-order chi connectivity index (χ1) is 9.04. The molecule has 1 saturated heterocycles. The first-order valence-corrected chi connectivity index (χ1v) is 6.89. The van der Waals surface area contributed by atoms with Crippen molar-refractivity contribution in [2.24, 2.45) is 0 Å². The summed E-state index contributed by atoms with van der Waals surface area (Å²) in [5, 5.41) is 9.84. The van der Waals surface area contributed by atoms with E-state index in [9.17, 15) is 4.79 Å². The third-order valence-corrected chi connectivity index (χ3v) is 3.96. The highest BCUT2D eigenvalue weighted by Crippen LogP contribution is 2.24. The number of carboxylic acid groups (broad SMARTS) is 1. The maximum Gasteiger partial charge on any atom is 0.328 e. The Balaban J connectivity index is 1.92. The van der Waals surface area contributed by atoms with Crippen molar-refractivity contribution in [2.75, 3.05) is 13.1 Å². The van der Waals surface area contributed by atoms with E-state index in [1.54, 1.807) is 6.07 Å². The lowest BCUT2D eigenvalue weighted by molar-refractivity contribution is -0.131. The second kappa shape index (κ2) is 6.42. The van der Waals surface area contributed by atoms with E-state index in [2.05, 4.69) is 4.90 Å². The van der Waals surface area contributed by atoms with Gasteiger partial charge in [-0.15, -0.1) is 0 Å². The molecule has 0 amide bonds. The monoisotopic (exact) mass is 299 g/mol. The summed E-state index contributed by atoms with van der Waals surface area (Å²) >= 11 is 11.9. The smallest absolute Gasteiger partial charge is 0.328 e. The van der Waals surface area contributed by atoms with E-state index in [4.69, 9.17) is 28.3 Å². The molecule has 0 aliphatic carbocycles. The third-order valence-electron chi connectivity index (χ3n) is 3.22. The standard InChI is InChI=1S/C14H15Cl2NO2/c15-12-2-1-11(7-13(12)16)9-17-5-3-10(4-6-17)8-14(18)19/h1-2,7-8H,3-6,9H2,(H,18,19). The van der Waals surface area contributed by atoms with E-state index < -0.39 is 5.97 Å². The minimum absolute atomic E-state index is 0.565. The molecular formula is C14H15Cl2NO2. The van der Waals surface area contributed by atoms with Gasteiger partial charge in [-0.05, 0) is 30.5 Å². The van der Waals surface area contributed by atoms with Crippen molar-refractivity contribution in [3.63, 3.8) is 0 Å². The van der Waals surface area contributed by atoms with Crippen LogP contribution in [-0.2, 0) is 11.3 Å². The molecule has 0 aromatic heterocycles. The predicted molar refractivity (Wildman–Crippen MR) is 76.7 cm³/mol. The first-order valence-electron chi connectivity index (χ1n) is 6.13. The molecule has 0 spiro atoms. The van der Waals surface area contributed by atoms with Crippen molar-refractivity contribution < 1.29 is 9.90 Å². The molecule has 0 saturated carbocycles. The fourth-order valence-corrected chi connectivity index (χ4v) is 2.53. The maximum atomic E-state index is 10.6. The van der Waals surface area contributed by atoms with Crippen LogP contribution < -0.4 is 0 Å². The summed E-state index contributed by atoms with van der Waals surface area (Å²) in [5.41, 5.74) is 2.14. The van der Waals surface area contributed by atoms with Crippen LogP contribution in [0.5, 0.6) is 0 Å². The molecule has 0 bridgehead atoms. The van der Waals surface area contributed by atoms with Crippen molar-refractivity contribution >= 4 is 29.2 Å². The van der Waals surface area contributed by atoms with E-state index in [0.717, 1.165) is 43.6 Å². The fourth-order valence-electron chi connectivity index (χ4n) is 2.21. The van der Waals surface area contributed by atoms with Gasteiger partial charge in [-0.1, -0.05) is 34.8 Å². The zero-order chi connectivity index (χ0) is 13.8. The molecule has 0 radical (unpaired) electrons. The van der Waals surface area contributed by atoms with Gasteiger partial charge in [0.25, 0.3) is 0 Å². The van der Waals surface area contributed by atoms with Crippen molar-refractivity contribution in [3.8, 4) is 0 Å². The predicted octanol–water partition coefficient (Wildman–Crippen LogP) is 3.60. The third kappa shape index (κ3) is 4.23. The summed E-state index contributed by atoms with van der Waals surface area (Å²) in [6, 6.07) is 5.66. The molecule has 102 valence electrons. The number of aliphatic carboxylic acids is 1. The zero-order valence-corrected chi connectivity index (χ0v) is 11.9. The number of benzene rings is 1. The SMILES string of the molecule is O=C(O)C=C1CCN(Cc2ccc(Cl)c(Cl)c2)CC1. The second-order valence-corrected chi connectivity index (χ2v) is 5.48. The largest absolute Gasteiger partial charge is 0.478 e. The number of hydrogen-bond donors (Lipinski definition) is 1. The van der Waals surface area contributed by atoms with E-state index in [1.165, 1.54) is 6.08 Å². The van der Waals surface area contributed by atoms with E-state index >= 15 is 0 Å². The highest BCUT2D eigenvalue weighted by atomic mass is 35.5. The number of nitrogens with zero attached hydrogens (tertiary/aromatic N) is 1. The quantitative estimate of drug-likeness (QED) is 0.867. The van der Waals surface area contributed by atoms with Crippen LogP contribution in [0, 0.1) is 0 Å². The highest BCUT2D eigenvalue weighted by molar-refractivity contribution is 6.42. The molecular weight excluding hydrogens is 285 g/mol. The van der Waals surface area contributed by atoms with Crippen molar-refractivity contribution in [2.45, 2.75) is 19.4 Å². The van der Waals surface area contributed by atoms with E-state index in [0.29, 0.717) is 10.0 Å². The number of piperidine rings is 1. The van der Waals surface area contributed by atoms with Gasteiger partial charge in [0.15, 0.2) is 0 Å². The lowest BCUT2D eigenvalue weighted by Gasteiger charge is -2.28. The molecule has 3 nitrogen and oxygen atoms in total. The molecule has 2 rings (SSSR count). The van der Waals surface area contributed by atoms with Crippen LogP contribution in [-0.4, -0.2) is 29.1 Å². The Labute approximate surface area is 122 Å². The van der Waals surface area contributed by atoms with Crippen LogP contribution >= 0.6 is 23.2 Å². The molecule has 0 unspecified atom stereocenters. The van der Waals surface area contributed by atoms with Crippen LogP contribution in [0.4, 0.5) is 0 Å². The molecule has 1 aliphatic heterocycles. The Morgan fingerprint density at radius 1 is 1.26 bits per heavy atom. The Kier molecular flexibility index (Phi) is 4.86. The minimum atomic E-state index is -0.854. The van der Waals surface area contributed by atoms with Gasteiger partial charge in [-0.2, -0.15) is 0 Å². The molecule has 0 atom stereocenters. The van der Waals surface area contributed by atoms with E-state index in [1.807, 2.05) is 12.1 Å². The van der Waals surface area contributed by atoms with Gasteiger partial charge in [-0.25, -0.2) is 4.79 Å². The van der Waals surface area contributed by atoms with Crippen molar-refractivity contribution in [3.05, 3.63) is 45.5 Å². The Bertz CT molecular complexity index is 504. The summed E-state index contributed by atoms with van der Waals surface area (Å²) in [6.07, 6.45) is 2.96. The average molecular weight is 300 g/mol. The zero-order valence-electron chi connectivity index (χ0n) is 10.4. The molecule has 19 heavy (non-hydrogen) atoms. The number of carbonyl (C=O) groups is 1. The molecule has 1 aromatic rings. The van der Waals surface area contributed by atoms with Gasteiger partial charge in [0, 0.05) is 25.7 Å². The van der Waals surface area contributed by atoms with Gasteiger partial charge in [0.1, 0.15) is 0 Å². The van der Waals surface area contributed by atoms with Gasteiger partial charge in [-0.3, -0.25) is 4.90 Å². The van der Waals surface area contributed by atoms with Crippen LogP contribution in [0.25, 0.3) is 0 Å². The minimum Gasteiger partial charge on any atom is -0.478 e. The molecule has 1 fully saturated rings. The Morgan fingerprint density at radius 3 is 2.53 bits per heavy atom. The van der Waals surface area contributed by atoms with Crippen LogP contribution in [0.15, 0.2) is 29.8 Å². The highest BCUT2D eigenvalue weighted by Gasteiger charge is 2.15. The normalized spacial score (nSPS) is 16.4. The molecule has 5 heteroatoms. The summed E-state index contributed by atoms with van der Waals surface area (Å²) < 4.78 is 0. The summed E-state index contributed by atoms with van der Waals surface area (Å²) in [5.74, 6) is -0.854. The topological polar surface area (TPSA) is 40.5 Å². The van der Waals surface area contributed by atoms with Gasteiger partial charge in [0.05, 0.1) is 10.0 Å². The number of rotatable bonds is 3. The number of halogens is 2. The number of carboxylic acids is 1. The summed E-state index contributed by atoms with van der Waals surface area (Å²) in [6.45, 7) is 2.57. The van der Waals surface area contributed by atoms with Gasteiger partial charge in [0.2, 0.25) is 0 Å². The Hall–Kier alpha value is -1.03. The average Bonchev–Trinajstić information content (AvgIpc) is 2.36. The van der Waals surface area contributed by atoms with Crippen LogP contribution in [0.1, 0.15) is 18.4 Å². The first kappa shape index (κ1) is 14.4. The van der Waals surface area contributed by atoms with Crippen LogP contribution in [0.3, 0.4) is 0 Å². The molecule has 1 heterocycles. The summed E-state index contributed by atoms with van der Waals surface area (Å²) in [4.78, 5) is 12.9. The molecule has 1 aliphatic rings. The van der Waals surface area contributed by atoms with Crippen molar-refractivity contribution in [1.82, 2.24) is 4.90 Å². The van der Waals surface area contributed by atoms with Gasteiger partial charge >= 0.3 is 5.97 Å².